The largest absolute Gasteiger partial charge is 0.396 e. The minimum Gasteiger partial charge on any atom is -0.396 e. The van der Waals surface area contributed by atoms with Crippen LogP contribution in [0.5, 0.6) is 0 Å². The highest BCUT2D eigenvalue weighted by molar-refractivity contribution is 7.89. The standard InChI is InChI=1S/C22H23N7O3S/c30-11-2-1-10-29(19-5-3-4-18-17(19)14-24-28-18)21-8-9-23-22(27-21)26-16-7-6-15-13-25-33(31,32)20(15)12-16/h3-9,12,14,25,30H,1-2,10-11,13H2,(H,24,28)(H,23,26,27). The van der Waals surface area contributed by atoms with Crippen LogP contribution in [0.1, 0.15) is 18.4 Å². The van der Waals surface area contributed by atoms with Crippen molar-refractivity contribution in [2.24, 2.45) is 0 Å². The summed E-state index contributed by atoms with van der Waals surface area (Å²) in [6.07, 6.45) is 4.88. The topological polar surface area (TPSA) is 136 Å². The lowest BCUT2D eigenvalue weighted by Gasteiger charge is -2.25. The Kier molecular flexibility index (Phi) is 5.67. The van der Waals surface area contributed by atoms with Gasteiger partial charge in [0.05, 0.1) is 22.3 Å². The molecular weight excluding hydrogens is 442 g/mol. The Balaban J connectivity index is 1.47. The van der Waals surface area contributed by atoms with Crippen molar-refractivity contribution in [3.8, 4) is 0 Å². The molecule has 33 heavy (non-hydrogen) atoms. The second kappa shape index (κ2) is 8.77. The smallest absolute Gasteiger partial charge is 0.241 e. The van der Waals surface area contributed by atoms with Crippen LogP contribution in [0, 0.1) is 0 Å². The molecule has 1 aliphatic heterocycles. The number of hydrogen-bond acceptors (Lipinski definition) is 8. The van der Waals surface area contributed by atoms with Crippen molar-refractivity contribution in [1.29, 1.82) is 0 Å². The van der Waals surface area contributed by atoms with E-state index in [0.717, 1.165) is 28.6 Å². The van der Waals surface area contributed by atoms with Gasteiger partial charge in [-0.1, -0.05) is 12.1 Å². The molecule has 0 fully saturated rings. The van der Waals surface area contributed by atoms with Crippen molar-refractivity contribution in [2.45, 2.75) is 24.3 Å². The van der Waals surface area contributed by atoms with Gasteiger partial charge in [0.2, 0.25) is 16.0 Å². The number of rotatable bonds is 8. The molecule has 4 aromatic rings. The quantitative estimate of drug-likeness (QED) is 0.292. The molecule has 3 heterocycles. The average molecular weight is 466 g/mol. The number of H-pyrrole nitrogens is 1. The first kappa shape index (κ1) is 21.3. The fraction of sp³-hybridized carbons (Fsp3) is 0.227. The third kappa shape index (κ3) is 4.25. The molecule has 0 radical (unpaired) electrons. The number of unbranched alkanes of at least 4 members (excludes halogenated alkanes) is 1. The number of aliphatic hydroxyl groups is 1. The summed E-state index contributed by atoms with van der Waals surface area (Å²) in [6.45, 7) is 1.06. The molecule has 0 bridgehead atoms. The van der Waals surface area contributed by atoms with Gasteiger partial charge < -0.3 is 15.3 Å². The number of hydrogen-bond donors (Lipinski definition) is 4. The molecule has 0 aliphatic carbocycles. The SMILES string of the molecule is O=S1(=O)NCc2ccc(Nc3nccc(N(CCCCO)c4cccc5[nH]ncc45)n3)cc21. The zero-order chi connectivity index (χ0) is 22.8. The summed E-state index contributed by atoms with van der Waals surface area (Å²) in [7, 11) is -3.47. The summed E-state index contributed by atoms with van der Waals surface area (Å²) < 4.78 is 26.8. The lowest BCUT2D eigenvalue weighted by atomic mass is 10.2. The van der Waals surface area contributed by atoms with Crippen LogP contribution in [0.15, 0.2) is 59.8 Å². The molecular formula is C22H23N7O3S. The van der Waals surface area contributed by atoms with Crippen LogP contribution in [-0.2, 0) is 16.6 Å². The van der Waals surface area contributed by atoms with Crippen molar-refractivity contribution in [2.75, 3.05) is 23.4 Å². The monoisotopic (exact) mass is 465 g/mol. The van der Waals surface area contributed by atoms with Gasteiger partial charge in [0.25, 0.3) is 0 Å². The summed E-state index contributed by atoms with van der Waals surface area (Å²) in [5, 5.41) is 20.5. The summed E-state index contributed by atoms with van der Waals surface area (Å²) in [5.74, 6) is 1.02. The van der Waals surface area contributed by atoms with Gasteiger partial charge in [-0.25, -0.2) is 18.1 Å². The van der Waals surface area contributed by atoms with Crippen LogP contribution in [0.3, 0.4) is 0 Å². The summed E-state index contributed by atoms with van der Waals surface area (Å²) in [4.78, 5) is 11.3. The van der Waals surface area contributed by atoms with Crippen LogP contribution in [0.2, 0.25) is 0 Å². The highest BCUT2D eigenvalue weighted by atomic mass is 32.2. The number of benzene rings is 2. The van der Waals surface area contributed by atoms with E-state index in [1.807, 2.05) is 30.3 Å². The van der Waals surface area contributed by atoms with E-state index in [0.29, 0.717) is 37.0 Å². The molecule has 0 unspecified atom stereocenters. The minimum atomic E-state index is -3.47. The molecule has 0 spiro atoms. The predicted molar refractivity (Wildman–Crippen MR) is 125 cm³/mol. The molecule has 170 valence electrons. The number of aromatic nitrogens is 4. The molecule has 0 saturated heterocycles. The minimum absolute atomic E-state index is 0.121. The predicted octanol–water partition coefficient (Wildman–Crippen LogP) is 2.80. The number of aromatic amines is 1. The number of aliphatic hydroxyl groups excluding tert-OH is 1. The number of nitrogens with one attached hydrogen (secondary N) is 3. The van der Waals surface area contributed by atoms with Crippen LogP contribution < -0.4 is 14.9 Å². The van der Waals surface area contributed by atoms with Gasteiger partial charge in [-0.05, 0) is 48.7 Å². The maximum atomic E-state index is 12.2. The Morgan fingerprint density at radius 2 is 2.06 bits per heavy atom. The second-order valence-corrected chi connectivity index (χ2v) is 9.44. The van der Waals surface area contributed by atoms with Crippen molar-refractivity contribution in [3.63, 3.8) is 0 Å². The highest BCUT2D eigenvalue weighted by Crippen LogP contribution is 2.32. The summed E-state index contributed by atoms with van der Waals surface area (Å²) in [5.41, 5.74) is 3.18. The third-order valence-corrected chi connectivity index (χ3v) is 7.01. The molecule has 10 nitrogen and oxygen atoms in total. The van der Waals surface area contributed by atoms with Gasteiger partial charge in [-0.2, -0.15) is 10.1 Å². The van der Waals surface area contributed by atoms with Gasteiger partial charge in [0.15, 0.2) is 0 Å². The number of nitrogens with zero attached hydrogens (tertiary/aromatic N) is 4. The van der Waals surface area contributed by atoms with E-state index in [9.17, 15) is 13.5 Å². The molecule has 2 aromatic carbocycles. The van der Waals surface area contributed by atoms with Crippen molar-refractivity contribution in [3.05, 3.63) is 60.4 Å². The van der Waals surface area contributed by atoms with E-state index in [-0.39, 0.29) is 11.5 Å². The molecule has 0 amide bonds. The van der Waals surface area contributed by atoms with Crippen molar-refractivity contribution >= 4 is 44.1 Å². The van der Waals surface area contributed by atoms with E-state index in [4.69, 9.17) is 4.98 Å². The van der Waals surface area contributed by atoms with Crippen LogP contribution >= 0.6 is 0 Å². The third-order valence-electron chi connectivity index (χ3n) is 5.53. The van der Waals surface area contributed by atoms with Gasteiger partial charge in [0.1, 0.15) is 5.82 Å². The van der Waals surface area contributed by atoms with Gasteiger partial charge in [-0.15, -0.1) is 0 Å². The number of fused-ring (bicyclic) bond motifs is 2. The lowest BCUT2D eigenvalue weighted by molar-refractivity contribution is 0.285. The highest BCUT2D eigenvalue weighted by Gasteiger charge is 2.25. The zero-order valence-corrected chi connectivity index (χ0v) is 18.5. The Bertz CT molecular complexity index is 1400. The molecule has 2 aromatic heterocycles. The van der Waals surface area contributed by atoms with Crippen LogP contribution in [0.4, 0.5) is 23.1 Å². The molecule has 4 N–H and O–H groups in total. The Hall–Kier alpha value is -3.54. The van der Waals surface area contributed by atoms with Crippen LogP contribution in [-0.4, -0.2) is 46.8 Å². The van der Waals surface area contributed by atoms with Gasteiger partial charge in [-0.3, -0.25) is 5.10 Å². The van der Waals surface area contributed by atoms with E-state index in [1.165, 1.54) is 0 Å². The van der Waals surface area contributed by atoms with E-state index < -0.39 is 10.0 Å². The van der Waals surface area contributed by atoms with Gasteiger partial charge in [0, 0.05) is 37.0 Å². The van der Waals surface area contributed by atoms with Gasteiger partial charge >= 0.3 is 0 Å². The first-order chi connectivity index (χ1) is 16.0. The maximum absolute atomic E-state index is 12.2. The Morgan fingerprint density at radius 1 is 1.15 bits per heavy atom. The first-order valence-corrected chi connectivity index (χ1v) is 12.1. The van der Waals surface area contributed by atoms with Crippen molar-refractivity contribution in [1.82, 2.24) is 24.9 Å². The van der Waals surface area contributed by atoms with Crippen molar-refractivity contribution < 1.29 is 13.5 Å². The lowest BCUT2D eigenvalue weighted by Crippen LogP contribution is -2.20. The second-order valence-electron chi connectivity index (χ2n) is 7.70. The van der Waals surface area contributed by atoms with E-state index in [2.05, 4.69) is 30.1 Å². The summed E-state index contributed by atoms with van der Waals surface area (Å²) in [6, 6.07) is 12.9. The average Bonchev–Trinajstić information content (AvgIpc) is 3.41. The first-order valence-electron chi connectivity index (χ1n) is 10.6. The molecule has 11 heteroatoms. The van der Waals surface area contributed by atoms with E-state index in [1.54, 1.807) is 24.5 Å². The zero-order valence-electron chi connectivity index (χ0n) is 17.7. The Morgan fingerprint density at radius 3 is 2.94 bits per heavy atom. The fourth-order valence-corrected chi connectivity index (χ4v) is 5.16. The Labute approximate surface area is 190 Å². The molecule has 1 aliphatic rings. The summed E-state index contributed by atoms with van der Waals surface area (Å²) >= 11 is 0. The number of anilines is 4. The molecule has 0 saturated carbocycles. The number of sulfonamides is 1. The normalized spacial score (nSPS) is 14.3. The van der Waals surface area contributed by atoms with Crippen LogP contribution in [0.25, 0.3) is 10.9 Å². The van der Waals surface area contributed by atoms with E-state index >= 15 is 0 Å². The fourth-order valence-electron chi connectivity index (χ4n) is 3.90. The molecule has 5 rings (SSSR count). The molecule has 0 atom stereocenters. The maximum Gasteiger partial charge on any atom is 0.241 e.